The van der Waals surface area contributed by atoms with Gasteiger partial charge < -0.3 is 4.90 Å². The van der Waals surface area contributed by atoms with Crippen LogP contribution in [0.15, 0.2) is 43.5 Å². The first-order chi connectivity index (χ1) is 8.65. The van der Waals surface area contributed by atoms with Crippen molar-refractivity contribution in [2.24, 2.45) is 0 Å². The molecule has 0 atom stereocenters. The zero-order chi connectivity index (χ0) is 13.5. The first kappa shape index (κ1) is 13.7. The van der Waals surface area contributed by atoms with Crippen LogP contribution in [-0.2, 0) is 0 Å². The normalized spacial score (nSPS) is 9.33. The molecular formula is C14H13FN2O. The lowest BCUT2D eigenvalue weighted by atomic mass is 10.1. The van der Waals surface area contributed by atoms with Crippen LogP contribution in [0.3, 0.4) is 0 Å². The number of amides is 1. The Morgan fingerprint density at radius 2 is 2.00 bits per heavy atom. The minimum absolute atomic E-state index is 0.0567. The third-order valence-electron chi connectivity index (χ3n) is 2.34. The minimum Gasteiger partial charge on any atom is -0.331 e. The Balaban J connectivity index is 3.16. The van der Waals surface area contributed by atoms with E-state index < -0.39 is 11.7 Å². The van der Waals surface area contributed by atoms with E-state index in [9.17, 15) is 9.18 Å². The summed E-state index contributed by atoms with van der Waals surface area (Å²) < 4.78 is 13.4. The molecule has 0 N–H and O–H groups in total. The van der Waals surface area contributed by atoms with Gasteiger partial charge in [0.25, 0.3) is 5.91 Å². The number of benzene rings is 1. The first-order valence-corrected chi connectivity index (χ1v) is 5.35. The Morgan fingerprint density at radius 1 is 1.39 bits per heavy atom. The Morgan fingerprint density at radius 3 is 2.50 bits per heavy atom. The van der Waals surface area contributed by atoms with Gasteiger partial charge in [-0.15, -0.1) is 13.2 Å². The molecule has 0 bridgehead atoms. The predicted molar refractivity (Wildman–Crippen MR) is 67.4 cm³/mol. The molecule has 0 aromatic heterocycles. The van der Waals surface area contributed by atoms with E-state index in [-0.39, 0.29) is 11.1 Å². The maximum absolute atomic E-state index is 13.4. The van der Waals surface area contributed by atoms with Gasteiger partial charge in [-0.1, -0.05) is 18.2 Å². The van der Waals surface area contributed by atoms with Crippen molar-refractivity contribution in [3.8, 4) is 6.07 Å². The minimum atomic E-state index is -0.694. The summed E-state index contributed by atoms with van der Waals surface area (Å²) in [5.41, 5.74) is -0.179. The number of carbonyl (C=O) groups excluding carboxylic acids is 1. The van der Waals surface area contributed by atoms with E-state index in [4.69, 9.17) is 5.26 Å². The highest BCUT2D eigenvalue weighted by Gasteiger charge is 2.19. The number of nitriles is 1. The highest BCUT2D eigenvalue weighted by Crippen LogP contribution is 2.14. The number of nitrogens with zero attached hydrogens (tertiary/aromatic N) is 2. The lowest BCUT2D eigenvalue weighted by molar-refractivity contribution is 0.0790. The fraction of sp³-hybridized carbons (Fsp3) is 0.143. The topological polar surface area (TPSA) is 44.1 Å². The second-order valence-corrected chi connectivity index (χ2v) is 3.56. The van der Waals surface area contributed by atoms with E-state index in [0.29, 0.717) is 13.1 Å². The summed E-state index contributed by atoms with van der Waals surface area (Å²) in [5, 5.41) is 8.89. The Labute approximate surface area is 105 Å². The second-order valence-electron chi connectivity index (χ2n) is 3.56. The van der Waals surface area contributed by atoms with E-state index in [1.165, 1.54) is 17.0 Å². The summed E-state index contributed by atoms with van der Waals surface area (Å²) in [7, 11) is 0. The van der Waals surface area contributed by atoms with E-state index in [2.05, 4.69) is 13.2 Å². The maximum atomic E-state index is 13.4. The first-order valence-electron chi connectivity index (χ1n) is 5.35. The average molecular weight is 244 g/mol. The lowest BCUT2D eigenvalue weighted by Gasteiger charge is -2.19. The Bertz CT molecular complexity index is 507. The monoisotopic (exact) mass is 244 g/mol. The molecule has 3 nitrogen and oxygen atoms in total. The molecule has 92 valence electrons. The van der Waals surface area contributed by atoms with Crippen molar-refractivity contribution in [2.45, 2.75) is 0 Å². The third-order valence-corrected chi connectivity index (χ3v) is 2.34. The Hall–Kier alpha value is -2.41. The highest BCUT2D eigenvalue weighted by molar-refractivity contribution is 5.96. The molecule has 0 saturated heterocycles. The molecule has 18 heavy (non-hydrogen) atoms. The smallest absolute Gasteiger partial charge is 0.255 e. The second kappa shape index (κ2) is 6.36. The van der Waals surface area contributed by atoms with Crippen molar-refractivity contribution >= 4 is 5.91 Å². The summed E-state index contributed by atoms with van der Waals surface area (Å²) >= 11 is 0. The van der Waals surface area contributed by atoms with Gasteiger partial charge in [0.1, 0.15) is 17.4 Å². The van der Waals surface area contributed by atoms with E-state index >= 15 is 0 Å². The molecule has 0 radical (unpaired) electrons. The lowest BCUT2D eigenvalue weighted by Crippen LogP contribution is -2.32. The van der Waals surface area contributed by atoms with Crippen LogP contribution in [0.5, 0.6) is 0 Å². The van der Waals surface area contributed by atoms with Crippen molar-refractivity contribution in [1.29, 1.82) is 5.26 Å². The molecular weight excluding hydrogens is 231 g/mol. The standard InChI is InChI=1S/C14H13FN2O/c1-3-8-17(9-4-2)14(18)11-6-5-7-13(15)12(11)10-16/h3-7H,1-2,8-9H2. The van der Waals surface area contributed by atoms with Crippen LogP contribution < -0.4 is 0 Å². The van der Waals surface area contributed by atoms with Gasteiger partial charge in [0.05, 0.1) is 5.56 Å². The van der Waals surface area contributed by atoms with Gasteiger partial charge in [0.15, 0.2) is 0 Å². The van der Waals surface area contributed by atoms with Gasteiger partial charge in [-0.3, -0.25) is 4.79 Å². The predicted octanol–water partition coefficient (Wildman–Crippen LogP) is 2.51. The SMILES string of the molecule is C=CCN(CC=C)C(=O)c1cccc(F)c1C#N. The van der Waals surface area contributed by atoms with Gasteiger partial charge in [-0.05, 0) is 12.1 Å². The van der Waals surface area contributed by atoms with Crippen molar-refractivity contribution in [3.63, 3.8) is 0 Å². The third kappa shape index (κ3) is 2.83. The largest absolute Gasteiger partial charge is 0.331 e. The summed E-state index contributed by atoms with van der Waals surface area (Å²) in [6, 6.07) is 5.70. The fourth-order valence-corrected chi connectivity index (χ4v) is 1.54. The fourth-order valence-electron chi connectivity index (χ4n) is 1.54. The van der Waals surface area contributed by atoms with Crippen molar-refractivity contribution in [1.82, 2.24) is 4.90 Å². The molecule has 1 amide bonds. The zero-order valence-corrected chi connectivity index (χ0v) is 9.90. The highest BCUT2D eigenvalue weighted by atomic mass is 19.1. The van der Waals surface area contributed by atoms with Gasteiger partial charge >= 0.3 is 0 Å². The van der Waals surface area contributed by atoms with Gasteiger partial charge in [-0.25, -0.2) is 4.39 Å². The summed E-state index contributed by atoms with van der Waals surface area (Å²) in [4.78, 5) is 13.6. The summed E-state index contributed by atoms with van der Waals surface area (Å²) in [6.45, 7) is 7.73. The number of rotatable bonds is 5. The average Bonchev–Trinajstić information content (AvgIpc) is 2.37. The molecule has 0 unspecified atom stereocenters. The summed E-state index contributed by atoms with van der Waals surface area (Å²) in [5.74, 6) is -1.11. The summed E-state index contributed by atoms with van der Waals surface area (Å²) in [6.07, 6.45) is 3.12. The quantitative estimate of drug-likeness (QED) is 0.747. The van der Waals surface area contributed by atoms with Crippen LogP contribution in [-0.4, -0.2) is 23.9 Å². The molecule has 1 aromatic rings. The molecule has 0 aliphatic heterocycles. The van der Waals surface area contributed by atoms with Crippen molar-refractivity contribution in [2.75, 3.05) is 13.1 Å². The van der Waals surface area contributed by atoms with Crippen LogP contribution in [0.4, 0.5) is 4.39 Å². The molecule has 1 rings (SSSR count). The molecule has 0 saturated carbocycles. The van der Waals surface area contributed by atoms with Crippen LogP contribution in [0.25, 0.3) is 0 Å². The number of carbonyl (C=O) groups is 1. The van der Waals surface area contributed by atoms with Crippen molar-refractivity contribution in [3.05, 3.63) is 60.5 Å². The van der Waals surface area contributed by atoms with Crippen LogP contribution in [0, 0.1) is 17.1 Å². The van der Waals surface area contributed by atoms with Crippen molar-refractivity contribution < 1.29 is 9.18 Å². The molecule has 0 spiro atoms. The molecule has 0 aliphatic rings. The number of hydrogen-bond donors (Lipinski definition) is 0. The molecule has 0 heterocycles. The molecule has 4 heteroatoms. The maximum Gasteiger partial charge on any atom is 0.255 e. The van der Waals surface area contributed by atoms with Gasteiger partial charge in [0.2, 0.25) is 0 Å². The molecule has 0 aliphatic carbocycles. The Kier molecular flexibility index (Phi) is 4.82. The number of halogens is 1. The van der Waals surface area contributed by atoms with E-state index in [0.717, 1.165) is 6.07 Å². The van der Waals surface area contributed by atoms with E-state index in [1.807, 2.05) is 0 Å². The van der Waals surface area contributed by atoms with Crippen LogP contribution in [0.2, 0.25) is 0 Å². The van der Waals surface area contributed by atoms with Gasteiger partial charge in [0, 0.05) is 13.1 Å². The molecule has 1 aromatic carbocycles. The van der Waals surface area contributed by atoms with Crippen LogP contribution >= 0.6 is 0 Å². The van der Waals surface area contributed by atoms with Crippen LogP contribution in [0.1, 0.15) is 15.9 Å². The van der Waals surface area contributed by atoms with E-state index in [1.54, 1.807) is 18.2 Å². The zero-order valence-electron chi connectivity index (χ0n) is 9.90. The van der Waals surface area contributed by atoms with Gasteiger partial charge in [-0.2, -0.15) is 5.26 Å². The molecule has 0 fully saturated rings. The number of hydrogen-bond acceptors (Lipinski definition) is 2.